The first kappa shape index (κ1) is 15.6. The fourth-order valence-electron chi connectivity index (χ4n) is 4.13. The number of benzene rings is 1. The van der Waals surface area contributed by atoms with Gasteiger partial charge in [-0.15, -0.1) is 0 Å². The van der Waals surface area contributed by atoms with Gasteiger partial charge in [0.15, 0.2) is 0 Å². The summed E-state index contributed by atoms with van der Waals surface area (Å²) in [5.74, 6) is 0.736. The molecule has 5 heteroatoms. The van der Waals surface area contributed by atoms with Gasteiger partial charge in [-0.2, -0.15) is 0 Å². The van der Waals surface area contributed by atoms with Crippen LogP contribution in [0.5, 0.6) is 0 Å². The van der Waals surface area contributed by atoms with Crippen molar-refractivity contribution in [3.05, 3.63) is 29.3 Å². The van der Waals surface area contributed by atoms with E-state index in [1.54, 1.807) is 0 Å². The quantitative estimate of drug-likeness (QED) is 0.892. The van der Waals surface area contributed by atoms with E-state index in [2.05, 4.69) is 10.6 Å². The summed E-state index contributed by atoms with van der Waals surface area (Å²) in [6, 6.07) is 5.90. The van der Waals surface area contributed by atoms with Crippen LogP contribution < -0.4 is 10.6 Å². The van der Waals surface area contributed by atoms with E-state index in [0.29, 0.717) is 25.6 Å². The van der Waals surface area contributed by atoms with E-state index < -0.39 is 0 Å². The van der Waals surface area contributed by atoms with E-state index in [0.717, 1.165) is 42.5 Å². The SMILES string of the molecule is CC(NC(=O)C1(C2CC2)CCOCC1)c1ccc2c(c1)CC(=O)N2. The summed E-state index contributed by atoms with van der Waals surface area (Å²) in [5.41, 5.74) is 2.72. The normalized spacial score (nSPS) is 23.3. The van der Waals surface area contributed by atoms with Crippen LogP contribution in [0.2, 0.25) is 0 Å². The van der Waals surface area contributed by atoms with E-state index in [9.17, 15) is 9.59 Å². The van der Waals surface area contributed by atoms with Crippen molar-refractivity contribution in [2.75, 3.05) is 18.5 Å². The van der Waals surface area contributed by atoms with E-state index in [1.165, 1.54) is 0 Å². The van der Waals surface area contributed by atoms with Crippen LogP contribution in [0.15, 0.2) is 18.2 Å². The topological polar surface area (TPSA) is 67.4 Å². The van der Waals surface area contributed by atoms with Gasteiger partial charge in [0.1, 0.15) is 0 Å². The molecule has 0 spiro atoms. The van der Waals surface area contributed by atoms with Gasteiger partial charge in [-0.25, -0.2) is 0 Å². The Hall–Kier alpha value is -1.88. The van der Waals surface area contributed by atoms with Gasteiger partial charge >= 0.3 is 0 Å². The van der Waals surface area contributed by atoms with Crippen molar-refractivity contribution in [2.24, 2.45) is 11.3 Å². The molecule has 1 aliphatic carbocycles. The van der Waals surface area contributed by atoms with Crippen molar-refractivity contribution in [3.8, 4) is 0 Å². The second kappa shape index (κ2) is 5.88. The van der Waals surface area contributed by atoms with Crippen LogP contribution in [-0.2, 0) is 20.7 Å². The highest BCUT2D eigenvalue weighted by Gasteiger charge is 2.51. The van der Waals surface area contributed by atoms with Gasteiger partial charge in [0, 0.05) is 18.9 Å². The van der Waals surface area contributed by atoms with Crippen molar-refractivity contribution in [3.63, 3.8) is 0 Å². The predicted octanol–water partition coefficient (Wildman–Crippen LogP) is 2.57. The first-order valence-electron chi connectivity index (χ1n) is 8.90. The predicted molar refractivity (Wildman–Crippen MR) is 90.5 cm³/mol. The summed E-state index contributed by atoms with van der Waals surface area (Å²) in [6.07, 6.45) is 4.41. The van der Waals surface area contributed by atoms with Crippen molar-refractivity contribution < 1.29 is 14.3 Å². The summed E-state index contributed by atoms with van der Waals surface area (Å²) >= 11 is 0. The minimum Gasteiger partial charge on any atom is -0.381 e. The molecule has 1 aromatic carbocycles. The summed E-state index contributed by atoms with van der Waals surface area (Å²) in [5, 5.41) is 6.08. The molecule has 3 aliphatic rings. The Morgan fingerprint density at radius 1 is 1.33 bits per heavy atom. The van der Waals surface area contributed by atoms with E-state index in [-0.39, 0.29) is 23.3 Å². The lowest BCUT2D eigenvalue weighted by atomic mass is 9.74. The maximum absolute atomic E-state index is 13.0. The Morgan fingerprint density at radius 2 is 2.08 bits per heavy atom. The van der Waals surface area contributed by atoms with E-state index >= 15 is 0 Å². The third-order valence-electron chi connectivity index (χ3n) is 5.80. The third kappa shape index (κ3) is 2.71. The second-order valence-corrected chi connectivity index (χ2v) is 7.38. The minimum absolute atomic E-state index is 0.0359. The molecule has 0 bridgehead atoms. The van der Waals surface area contributed by atoms with Crippen molar-refractivity contribution in [1.82, 2.24) is 5.32 Å². The Balaban J connectivity index is 1.49. The highest BCUT2D eigenvalue weighted by molar-refractivity contribution is 5.99. The minimum atomic E-state index is -0.235. The van der Waals surface area contributed by atoms with E-state index in [1.807, 2.05) is 25.1 Å². The molecule has 0 aromatic heterocycles. The zero-order valence-corrected chi connectivity index (χ0v) is 14.1. The molecule has 2 aliphatic heterocycles. The zero-order valence-electron chi connectivity index (χ0n) is 14.1. The highest BCUT2D eigenvalue weighted by Crippen LogP contribution is 2.51. The fourth-order valence-corrected chi connectivity index (χ4v) is 4.13. The number of hydrogen-bond donors (Lipinski definition) is 2. The summed E-state index contributed by atoms with van der Waals surface area (Å²) in [7, 11) is 0. The molecule has 0 radical (unpaired) electrons. The molecular formula is C19H24N2O3. The number of nitrogens with one attached hydrogen (secondary N) is 2. The number of hydrogen-bond acceptors (Lipinski definition) is 3. The van der Waals surface area contributed by atoms with Crippen LogP contribution >= 0.6 is 0 Å². The van der Waals surface area contributed by atoms with Gasteiger partial charge in [0.25, 0.3) is 0 Å². The number of fused-ring (bicyclic) bond motifs is 1. The second-order valence-electron chi connectivity index (χ2n) is 7.38. The number of amides is 2. The number of anilines is 1. The molecule has 1 aromatic rings. The monoisotopic (exact) mass is 328 g/mol. The van der Waals surface area contributed by atoms with Gasteiger partial charge in [0.2, 0.25) is 11.8 Å². The molecule has 2 fully saturated rings. The average Bonchev–Trinajstić information content (AvgIpc) is 3.36. The molecule has 2 N–H and O–H groups in total. The first-order valence-corrected chi connectivity index (χ1v) is 8.90. The number of rotatable bonds is 4. The van der Waals surface area contributed by atoms with Crippen LogP contribution in [0.25, 0.3) is 0 Å². The summed E-state index contributed by atoms with van der Waals surface area (Å²) in [6.45, 7) is 3.39. The maximum atomic E-state index is 13.0. The molecule has 2 amide bonds. The Morgan fingerprint density at radius 3 is 2.79 bits per heavy atom. The Bertz CT molecular complexity index is 675. The summed E-state index contributed by atoms with van der Waals surface area (Å²) in [4.78, 5) is 24.5. The third-order valence-corrected chi connectivity index (χ3v) is 5.80. The molecular weight excluding hydrogens is 304 g/mol. The van der Waals surface area contributed by atoms with Crippen LogP contribution in [0.1, 0.15) is 49.8 Å². The lowest BCUT2D eigenvalue weighted by Crippen LogP contribution is -2.46. The fraction of sp³-hybridized carbons (Fsp3) is 0.579. The largest absolute Gasteiger partial charge is 0.381 e. The van der Waals surface area contributed by atoms with Crippen LogP contribution in [-0.4, -0.2) is 25.0 Å². The number of carbonyl (C=O) groups is 2. The molecule has 1 atom stereocenters. The van der Waals surface area contributed by atoms with Gasteiger partial charge < -0.3 is 15.4 Å². The highest BCUT2D eigenvalue weighted by atomic mass is 16.5. The molecule has 4 rings (SSSR count). The van der Waals surface area contributed by atoms with Crippen molar-refractivity contribution >= 4 is 17.5 Å². The van der Waals surface area contributed by atoms with Crippen LogP contribution in [0.3, 0.4) is 0 Å². The lowest BCUT2D eigenvalue weighted by molar-refractivity contribution is -0.139. The molecule has 2 heterocycles. The standard InChI is InChI=1S/C19H24N2O3/c1-12(13-2-5-16-14(10-13)11-17(22)21-16)20-18(23)19(15-3-4-15)6-8-24-9-7-19/h2,5,10,12,15H,3-4,6-9,11H2,1H3,(H,20,23)(H,21,22). The zero-order chi connectivity index (χ0) is 16.7. The number of ether oxygens (including phenoxy) is 1. The van der Waals surface area contributed by atoms with Crippen LogP contribution in [0.4, 0.5) is 5.69 Å². The summed E-state index contributed by atoms with van der Waals surface area (Å²) < 4.78 is 5.48. The van der Waals surface area contributed by atoms with Crippen molar-refractivity contribution in [2.45, 2.75) is 45.1 Å². The van der Waals surface area contributed by atoms with Gasteiger partial charge in [-0.1, -0.05) is 12.1 Å². The molecule has 5 nitrogen and oxygen atoms in total. The Kier molecular flexibility index (Phi) is 3.83. The Labute approximate surface area is 142 Å². The molecule has 128 valence electrons. The van der Waals surface area contributed by atoms with Gasteiger partial charge in [-0.05, 0) is 55.7 Å². The smallest absolute Gasteiger partial charge is 0.228 e. The molecule has 24 heavy (non-hydrogen) atoms. The molecule has 1 saturated carbocycles. The molecule has 1 saturated heterocycles. The average molecular weight is 328 g/mol. The first-order chi connectivity index (χ1) is 11.6. The van der Waals surface area contributed by atoms with Crippen molar-refractivity contribution in [1.29, 1.82) is 0 Å². The van der Waals surface area contributed by atoms with Gasteiger partial charge in [-0.3, -0.25) is 9.59 Å². The van der Waals surface area contributed by atoms with Gasteiger partial charge in [0.05, 0.1) is 17.9 Å². The molecule has 1 unspecified atom stereocenters. The van der Waals surface area contributed by atoms with Crippen LogP contribution in [0, 0.1) is 11.3 Å². The number of carbonyl (C=O) groups excluding carboxylic acids is 2. The van der Waals surface area contributed by atoms with E-state index in [4.69, 9.17) is 4.74 Å². The maximum Gasteiger partial charge on any atom is 0.228 e. The lowest BCUT2D eigenvalue weighted by Gasteiger charge is -2.37.